The Labute approximate surface area is 98.8 Å². The van der Waals surface area contributed by atoms with E-state index < -0.39 is 12.0 Å². The first kappa shape index (κ1) is 12.3. The zero-order valence-electron chi connectivity index (χ0n) is 7.87. The van der Waals surface area contributed by atoms with E-state index in [1.807, 2.05) is 12.1 Å². The number of nitrogens with one attached hydrogen (secondary N) is 1. The molecule has 0 bridgehead atoms. The first-order chi connectivity index (χ1) is 6.68. The highest BCUT2D eigenvalue weighted by molar-refractivity contribution is 6.31. The summed E-state index contributed by atoms with van der Waals surface area (Å²) in [5, 5.41) is 12.5. The van der Waals surface area contributed by atoms with Crippen LogP contribution in [0.4, 0.5) is 0 Å². The molecule has 0 unspecified atom stereocenters. The number of hydrogen-bond acceptors (Lipinski definition) is 2. The average Bonchev–Trinajstić information content (AvgIpc) is 2.18. The topological polar surface area (TPSA) is 49.3 Å². The molecular weight excluding hydrogens is 237 g/mol. The number of carbonyl (C=O) groups is 1. The Bertz CT molecular complexity index is 382. The molecule has 1 aliphatic rings. The summed E-state index contributed by atoms with van der Waals surface area (Å²) in [6.45, 7) is 0.576. The maximum Gasteiger partial charge on any atom is 0.321 e. The summed E-state index contributed by atoms with van der Waals surface area (Å²) >= 11 is 5.99. The summed E-state index contributed by atoms with van der Waals surface area (Å²) in [6.07, 6.45) is 0.463. The molecule has 5 heteroatoms. The molecule has 0 saturated carbocycles. The number of aliphatic carboxylic acids is 1. The van der Waals surface area contributed by atoms with Crippen LogP contribution in [0.2, 0.25) is 5.02 Å². The average molecular weight is 248 g/mol. The minimum atomic E-state index is -0.824. The molecule has 1 atom stereocenters. The van der Waals surface area contributed by atoms with Crippen molar-refractivity contribution < 1.29 is 9.90 Å². The lowest BCUT2D eigenvalue weighted by molar-refractivity contribution is -0.139. The van der Waals surface area contributed by atoms with E-state index in [1.165, 1.54) is 0 Å². The largest absolute Gasteiger partial charge is 0.480 e. The normalized spacial score (nSPS) is 18.9. The van der Waals surface area contributed by atoms with Crippen LogP contribution in [0.15, 0.2) is 18.2 Å². The van der Waals surface area contributed by atoms with Crippen LogP contribution in [-0.4, -0.2) is 17.1 Å². The van der Waals surface area contributed by atoms with Crippen LogP contribution in [0, 0.1) is 0 Å². The first-order valence-corrected chi connectivity index (χ1v) is 4.78. The molecule has 3 nitrogen and oxygen atoms in total. The van der Waals surface area contributed by atoms with Gasteiger partial charge in [0.05, 0.1) is 0 Å². The molecular formula is C10H11Cl2NO2. The molecule has 1 heterocycles. The van der Waals surface area contributed by atoms with Crippen LogP contribution in [0.5, 0.6) is 0 Å². The van der Waals surface area contributed by atoms with Gasteiger partial charge >= 0.3 is 5.97 Å². The van der Waals surface area contributed by atoms with Crippen LogP contribution < -0.4 is 5.32 Å². The van der Waals surface area contributed by atoms with E-state index >= 15 is 0 Å². The van der Waals surface area contributed by atoms with Gasteiger partial charge in [0.15, 0.2) is 0 Å². The molecule has 0 aromatic heterocycles. The van der Waals surface area contributed by atoms with Gasteiger partial charge in [-0.1, -0.05) is 23.7 Å². The highest BCUT2D eigenvalue weighted by atomic mass is 35.5. The number of carboxylic acid groups (broad SMARTS) is 1. The van der Waals surface area contributed by atoms with E-state index in [0.29, 0.717) is 18.0 Å². The van der Waals surface area contributed by atoms with Crippen LogP contribution in [0.1, 0.15) is 11.1 Å². The van der Waals surface area contributed by atoms with Gasteiger partial charge in [-0.3, -0.25) is 4.79 Å². The summed E-state index contributed by atoms with van der Waals surface area (Å²) < 4.78 is 0. The Morgan fingerprint density at radius 3 is 2.93 bits per heavy atom. The van der Waals surface area contributed by atoms with Gasteiger partial charge in [0, 0.05) is 18.0 Å². The fraction of sp³-hybridized carbons (Fsp3) is 0.300. The monoisotopic (exact) mass is 247 g/mol. The second kappa shape index (κ2) is 4.84. The molecule has 0 aliphatic carbocycles. The summed E-state index contributed by atoms with van der Waals surface area (Å²) in [7, 11) is 0. The maximum absolute atomic E-state index is 10.8. The molecule has 0 fully saturated rings. The van der Waals surface area contributed by atoms with Crippen LogP contribution in [-0.2, 0) is 17.8 Å². The third kappa shape index (κ3) is 2.43. The molecule has 0 saturated heterocycles. The van der Waals surface area contributed by atoms with E-state index in [-0.39, 0.29) is 12.4 Å². The maximum atomic E-state index is 10.8. The zero-order chi connectivity index (χ0) is 10.1. The SMILES string of the molecule is Cl.O=C(O)[C@@H]1Cc2c(Cl)cccc2CN1. The van der Waals surface area contributed by atoms with Gasteiger partial charge in [-0.05, 0) is 17.2 Å². The summed E-state index contributed by atoms with van der Waals surface area (Å²) in [5.74, 6) is -0.824. The molecule has 2 rings (SSSR count). The fourth-order valence-corrected chi connectivity index (χ4v) is 1.95. The smallest absolute Gasteiger partial charge is 0.321 e. The molecule has 0 radical (unpaired) electrons. The van der Waals surface area contributed by atoms with E-state index in [9.17, 15) is 4.79 Å². The van der Waals surface area contributed by atoms with Crippen molar-refractivity contribution in [2.24, 2.45) is 0 Å². The molecule has 15 heavy (non-hydrogen) atoms. The number of halogens is 2. The lowest BCUT2D eigenvalue weighted by Gasteiger charge is -2.23. The summed E-state index contributed by atoms with van der Waals surface area (Å²) in [6, 6.07) is 5.13. The third-order valence-electron chi connectivity index (χ3n) is 2.46. The van der Waals surface area contributed by atoms with Crippen molar-refractivity contribution >= 4 is 30.0 Å². The lowest BCUT2D eigenvalue weighted by Crippen LogP contribution is -2.41. The minimum absolute atomic E-state index is 0. The van der Waals surface area contributed by atoms with Crippen molar-refractivity contribution in [1.29, 1.82) is 0 Å². The van der Waals surface area contributed by atoms with Crippen molar-refractivity contribution in [3.05, 3.63) is 34.3 Å². The van der Waals surface area contributed by atoms with E-state index in [0.717, 1.165) is 11.1 Å². The van der Waals surface area contributed by atoms with Gasteiger partial charge in [-0.2, -0.15) is 0 Å². The predicted molar refractivity (Wildman–Crippen MR) is 60.7 cm³/mol. The van der Waals surface area contributed by atoms with Crippen molar-refractivity contribution in [2.45, 2.75) is 19.0 Å². The summed E-state index contributed by atoms with van der Waals surface area (Å²) in [5.41, 5.74) is 2.05. The first-order valence-electron chi connectivity index (χ1n) is 4.41. The van der Waals surface area contributed by atoms with Crippen molar-refractivity contribution in [3.8, 4) is 0 Å². The molecule has 1 aromatic rings. The highest BCUT2D eigenvalue weighted by Gasteiger charge is 2.24. The van der Waals surface area contributed by atoms with Crippen molar-refractivity contribution in [2.75, 3.05) is 0 Å². The zero-order valence-corrected chi connectivity index (χ0v) is 9.44. The quantitative estimate of drug-likeness (QED) is 0.797. The Morgan fingerprint density at radius 1 is 1.53 bits per heavy atom. The second-order valence-electron chi connectivity index (χ2n) is 3.35. The fourth-order valence-electron chi connectivity index (χ4n) is 1.68. The highest BCUT2D eigenvalue weighted by Crippen LogP contribution is 2.24. The van der Waals surface area contributed by atoms with Gasteiger partial charge in [-0.15, -0.1) is 12.4 Å². The number of benzene rings is 1. The van der Waals surface area contributed by atoms with Crippen molar-refractivity contribution in [1.82, 2.24) is 5.32 Å². The van der Waals surface area contributed by atoms with E-state index in [4.69, 9.17) is 16.7 Å². The third-order valence-corrected chi connectivity index (χ3v) is 2.82. The Kier molecular flexibility index (Phi) is 3.97. The molecule has 82 valence electrons. The van der Waals surface area contributed by atoms with E-state index in [2.05, 4.69) is 5.32 Å². The van der Waals surface area contributed by atoms with Gasteiger partial charge in [0.25, 0.3) is 0 Å². The summed E-state index contributed by atoms with van der Waals surface area (Å²) in [4.78, 5) is 10.8. The molecule has 1 aromatic carbocycles. The van der Waals surface area contributed by atoms with E-state index in [1.54, 1.807) is 6.07 Å². The number of fused-ring (bicyclic) bond motifs is 1. The van der Waals surface area contributed by atoms with Crippen LogP contribution >= 0.6 is 24.0 Å². The molecule has 0 spiro atoms. The Morgan fingerprint density at radius 2 is 2.27 bits per heavy atom. The molecule has 1 aliphatic heterocycles. The molecule has 2 N–H and O–H groups in total. The second-order valence-corrected chi connectivity index (χ2v) is 3.76. The van der Waals surface area contributed by atoms with Gasteiger partial charge in [0.1, 0.15) is 6.04 Å². The number of hydrogen-bond donors (Lipinski definition) is 2. The minimum Gasteiger partial charge on any atom is -0.480 e. The van der Waals surface area contributed by atoms with Gasteiger partial charge < -0.3 is 10.4 Å². The molecule has 0 amide bonds. The van der Waals surface area contributed by atoms with Crippen LogP contribution in [0.3, 0.4) is 0 Å². The van der Waals surface area contributed by atoms with Crippen molar-refractivity contribution in [3.63, 3.8) is 0 Å². The predicted octanol–water partition coefficient (Wildman–Crippen LogP) is 1.86. The standard InChI is InChI=1S/C10H10ClNO2.ClH/c11-8-3-1-2-6-5-12-9(10(13)14)4-7(6)8;/h1-3,9,12H,4-5H2,(H,13,14);1H/t9-;/m0./s1. The Balaban J connectivity index is 0.00000112. The van der Waals surface area contributed by atoms with Gasteiger partial charge in [-0.25, -0.2) is 0 Å². The van der Waals surface area contributed by atoms with Gasteiger partial charge in [0.2, 0.25) is 0 Å². The van der Waals surface area contributed by atoms with Crippen LogP contribution in [0.25, 0.3) is 0 Å². The Hall–Kier alpha value is -0.770. The number of rotatable bonds is 1. The number of carboxylic acids is 1. The lowest BCUT2D eigenvalue weighted by atomic mass is 9.96.